The van der Waals surface area contributed by atoms with Crippen molar-refractivity contribution >= 4 is 29.4 Å². The second kappa shape index (κ2) is 12.2. The van der Waals surface area contributed by atoms with Gasteiger partial charge in [-0.05, 0) is 57.4 Å². The van der Waals surface area contributed by atoms with Crippen LogP contribution in [-0.2, 0) is 25.6 Å². The number of hydrogen-bond donors (Lipinski definition) is 4. The van der Waals surface area contributed by atoms with Crippen LogP contribution in [0.3, 0.4) is 0 Å². The van der Waals surface area contributed by atoms with Gasteiger partial charge in [-0.1, -0.05) is 30.3 Å². The standard InChI is InChI=1S/C29H34N4O7/c1-29(2,3)33-28(38)24(34)20(14-19-11-12-30-25(19)35)31-27(37)21(13-17-7-5-4-6-8-17)32-26(36)18-9-10-22-23(15-18)40-16-39-22/h4-10,15,19-21H,11-14,16H2,1-3H3,(H,30,35)(H,31,37)(H,32,36)(H,33,38)/t19-,20-,21-/m0/s1. The molecule has 0 spiro atoms. The van der Waals surface area contributed by atoms with E-state index in [9.17, 15) is 24.0 Å². The third kappa shape index (κ3) is 7.37. The van der Waals surface area contributed by atoms with Crippen LogP contribution >= 0.6 is 0 Å². The molecule has 2 heterocycles. The molecule has 0 bridgehead atoms. The second-order valence-corrected chi connectivity index (χ2v) is 10.9. The molecule has 4 amide bonds. The third-order valence-corrected chi connectivity index (χ3v) is 6.57. The minimum Gasteiger partial charge on any atom is -0.454 e. The van der Waals surface area contributed by atoms with E-state index in [0.29, 0.717) is 24.5 Å². The maximum atomic E-state index is 13.6. The number of benzene rings is 2. The van der Waals surface area contributed by atoms with Crippen LogP contribution in [0.2, 0.25) is 0 Å². The van der Waals surface area contributed by atoms with Gasteiger partial charge in [-0.15, -0.1) is 0 Å². The fourth-order valence-electron chi connectivity index (χ4n) is 4.56. The van der Waals surface area contributed by atoms with Gasteiger partial charge in [-0.25, -0.2) is 0 Å². The first-order valence-electron chi connectivity index (χ1n) is 13.2. The van der Waals surface area contributed by atoms with Gasteiger partial charge in [0.1, 0.15) is 6.04 Å². The number of ketones is 1. The van der Waals surface area contributed by atoms with Crippen molar-refractivity contribution in [3.8, 4) is 11.5 Å². The lowest BCUT2D eigenvalue weighted by Crippen LogP contribution is -2.56. The number of carbonyl (C=O) groups excluding carboxylic acids is 5. The van der Waals surface area contributed by atoms with E-state index in [1.165, 1.54) is 6.07 Å². The van der Waals surface area contributed by atoms with Crippen molar-refractivity contribution in [3.63, 3.8) is 0 Å². The highest BCUT2D eigenvalue weighted by Crippen LogP contribution is 2.32. The molecule has 0 aliphatic carbocycles. The Morgan fingerprint density at radius 1 is 0.975 bits per heavy atom. The van der Waals surface area contributed by atoms with E-state index in [1.54, 1.807) is 32.9 Å². The van der Waals surface area contributed by atoms with Crippen molar-refractivity contribution in [2.45, 2.75) is 57.7 Å². The zero-order valence-corrected chi connectivity index (χ0v) is 22.7. The highest BCUT2D eigenvalue weighted by atomic mass is 16.7. The highest BCUT2D eigenvalue weighted by molar-refractivity contribution is 6.38. The van der Waals surface area contributed by atoms with Gasteiger partial charge >= 0.3 is 0 Å². The summed E-state index contributed by atoms with van der Waals surface area (Å²) in [5.74, 6) is -2.74. The van der Waals surface area contributed by atoms with Crippen molar-refractivity contribution in [1.29, 1.82) is 0 Å². The summed E-state index contributed by atoms with van der Waals surface area (Å²) >= 11 is 0. The molecule has 4 N–H and O–H groups in total. The van der Waals surface area contributed by atoms with Gasteiger partial charge in [-0.3, -0.25) is 24.0 Å². The van der Waals surface area contributed by atoms with Gasteiger partial charge in [0, 0.05) is 30.0 Å². The predicted octanol–water partition coefficient (Wildman–Crippen LogP) is 1.25. The molecule has 4 rings (SSSR count). The summed E-state index contributed by atoms with van der Waals surface area (Å²) < 4.78 is 10.7. The molecular formula is C29H34N4O7. The molecule has 1 fully saturated rings. The Balaban J connectivity index is 1.55. The third-order valence-electron chi connectivity index (χ3n) is 6.57. The van der Waals surface area contributed by atoms with Crippen LogP contribution < -0.4 is 30.7 Å². The Hall–Kier alpha value is -4.41. The van der Waals surface area contributed by atoms with Crippen molar-refractivity contribution in [2.75, 3.05) is 13.3 Å². The van der Waals surface area contributed by atoms with Crippen LogP contribution in [0.1, 0.15) is 49.5 Å². The average molecular weight is 551 g/mol. The SMILES string of the molecule is CC(C)(C)NC(=O)C(=O)[C@H](C[C@@H]1CCNC1=O)NC(=O)[C@H](Cc1ccccc1)NC(=O)c1ccc2c(c1)OCO2. The lowest BCUT2D eigenvalue weighted by molar-refractivity contribution is -0.141. The first kappa shape index (κ1) is 28.6. The number of fused-ring (bicyclic) bond motifs is 1. The first-order valence-corrected chi connectivity index (χ1v) is 13.2. The van der Waals surface area contributed by atoms with E-state index in [4.69, 9.17) is 9.47 Å². The Morgan fingerprint density at radius 2 is 1.70 bits per heavy atom. The molecule has 2 aromatic carbocycles. The number of nitrogens with one attached hydrogen (secondary N) is 4. The van der Waals surface area contributed by atoms with E-state index < -0.39 is 47.0 Å². The number of hydrogen-bond acceptors (Lipinski definition) is 7. The maximum Gasteiger partial charge on any atom is 0.290 e. The smallest absolute Gasteiger partial charge is 0.290 e. The molecule has 212 valence electrons. The van der Waals surface area contributed by atoms with Gasteiger partial charge in [-0.2, -0.15) is 0 Å². The summed E-state index contributed by atoms with van der Waals surface area (Å²) in [6, 6.07) is 11.4. The summed E-state index contributed by atoms with van der Waals surface area (Å²) in [5.41, 5.74) is 0.354. The molecule has 0 unspecified atom stereocenters. The predicted molar refractivity (Wildman–Crippen MR) is 145 cm³/mol. The Morgan fingerprint density at radius 3 is 2.38 bits per heavy atom. The fourth-order valence-corrected chi connectivity index (χ4v) is 4.56. The average Bonchev–Trinajstić information content (AvgIpc) is 3.55. The number of Topliss-reactive ketones (excluding diaryl/α,β-unsaturated/α-hetero) is 1. The van der Waals surface area contributed by atoms with Gasteiger partial charge in [0.05, 0.1) is 6.04 Å². The molecule has 11 nitrogen and oxygen atoms in total. The Kier molecular flexibility index (Phi) is 8.71. The Bertz CT molecular complexity index is 1290. The number of rotatable bonds is 10. The zero-order valence-electron chi connectivity index (χ0n) is 22.7. The van der Waals surface area contributed by atoms with Crippen LogP contribution in [0.4, 0.5) is 0 Å². The molecule has 0 saturated carbocycles. The minimum atomic E-state index is -1.26. The van der Waals surface area contributed by atoms with E-state index in [1.807, 2.05) is 30.3 Å². The minimum absolute atomic E-state index is 0.0395. The lowest BCUT2D eigenvalue weighted by atomic mass is 9.94. The van der Waals surface area contributed by atoms with Crippen LogP contribution in [0, 0.1) is 5.92 Å². The summed E-state index contributed by atoms with van der Waals surface area (Å²) in [5, 5.41) is 10.7. The monoisotopic (exact) mass is 550 g/mol. The van der Waals surface area contributed by atoms with Crippen molar-refractivity contribution in [2.24, 2.45) is 5.92 Å². The summed E-state index contributed by atoms with van der Waals surface area (Å²) in [7, 11) is 0. The molecule has 1 saturated heterocycles. The molecule has 0 radical (unpaired) electrons. The quantitative estimate of drug-likeness (QED) is 0.325. The summed E-state index contributed by atoms with van der Waals surface area (Å²) in [4.78, 5) is 65.0. The van der Waals surface area contributed by atoms with Crippen molar-refractivity contribution in [3.05, 3.63) is 59.7 Å². The van der Waals surface area contributed by atoms with Gasteiger partial charge in [0.15, 0.2) is 11.5 Å². The maximum absolute atomic E-state index is 13.6. The van der Waals surface area contributed by atoms with Gasteiger partial charge < -0.3 is 30.7 Å². The van der Waals surface area contributed by atoms with Crippen molar-refractivity contribution < 1.29 is 33.4 Å². The number of ether oxygens (including phenoxy) is 2. The summed E-state index contributed by atoms with van der Waals surface area (Å²) in [6.45, 7) is 5.71. The van der Waals surface area contributed by atoms with Gasteiger partial charge in [0.2, 0.25) is 24.4 Å². The largest absolute Gasteiger partial charge is 0.454 e. The highest BCUT2D eigenvalue weighted by Gasteiger charge is 2.36. The number of carbonyl (C=O) groups is 5. The molecule has 0 aromatic heterocycles. The first-order chi connectivity index (χ1) is 19.0. The molecular weight excluding hydrogens is 516 g/mol. The van der Waals surface area contributed by atoms with Crippen LogP contribution in [0.25, 0.3) is 0 Å². The van der Waals surface area contributed by atoms with Crippen LogP contribution in [0.15, 0.2) is 48.5 Å². The van der Waals surface area contributed by atoms with Gasteiger partial charge in [0.25, 0.3) is 11.8 Å². The summed E-state index contributed by atoms with van der Waals surface area (Å²) in [6.07, 6.45) is 0.567. The molecule has 2 aliphatic rings. The fraction of sp³-hybridized carbons (Fsp3) is 0.414. The van der Waals surface area contributed by atoms with Crippen LogP contribution in [-0.4, -0.2) is 60.4 Å². The van der Waals surface area contributed by atoms with E-state index >= 15 is 0 Å². The Labute approximate surface area is 232 Å². The van der Waals surface area contributed by atoms with Crippen LogP contribution in [0.5, 0.6) is 11.5 Å². The lowest BCUT2D eigenvalue weighted by Gasteiger charge is -2.26. The normalized spacial score (nSPS) is 17.4. The molecule has 3 atom stereocenters. The zero-order chi connectivity index (χ0) is 28.9. The molecule has 2 aromatic rings. The van der Waals surface area contributed by atoms with E-state index in [0.717, 1.165) is 5.56 Å². The second-order valence-electron chi connectivity index (χ2n) is 10.9. The number of amides is 4. The van der Waals surface area contributed by atoms with E-state index in [2.05, 4.69) is 21.3 Å². The van der Waals surface area contributed by atoms with Crippen molar-refractivity contribution in [1.82, 2.24) is 21.3 Å². The molecule has 2 aliphatic heterocycles. The molecule has 11 heteroatoms. The van der Waals surface area contributed by atoms with E-state index in [-0.39, 0.29) is 31.1 Å². The molecule has 40 heavy (non-hydrogen) atoms. The topological polar surface area (TPSA) is 152 Å².